The van der Waals surface area contributed by atoms with Gasteiger partial charge in [0.15, 0.2) is 16.6 Å². The van der Waals surface area contributed by atoms with E-state index in [1.54, 1.807) is 0 Å². The molecule has 0 unspecified atom stereocenters. The van der Waals surface area contributed by atoms with Gasteiger partial charge >= 0.3 is 0 Å². The second-order valence-corrected chi connectivity index (χ2v) is 16.5. The van der Waals surface area contributed by atoms with E-state index in [0.717, 1.165) is 0 Å². The average molecular weight is 361 g/mol. The number of hydrogen-bond donors (Lipinski definition) is 0. The fraction of sp³-hybridized carbons (Fsp3) is 1.00. The van der Waals surface area contributed by atoms with E-state index in [0.29, 0.717) is 12.2 Å². The molecule has 0 N–H and O–H groups in total. The largest absolute Gasteiger partial charge is 0.415 e. The van der Waals surface area contributed by atoms with E-state index in [-0.39, 0.29) is 0 Å². The van der Waals surface area contributed by atoms with E-state index in [9.17, 15) is 0 Å². The summed E-state index contributed by atoms with van der Waals surface area (Å²) in [7, 11) is -3.40. The quantitative estimate of drug-likeness (QED) is 0.313. The Morgan fingerprint density at radius 1 is 0.565 bits per heavy atom. The van der Waals surface area contributed by atoms with Gasteiger partial charge in [-0.05, 0) is 57.5 Å². The van der Waals surface area contributed by atoms with Crippen molar-refractivity contribution in [3.63, 3.8) is 0 Å². The Hall–Kier alpha value is 0.354. The van der Waals surface area contributed by atoms with Crippen molar-refractivity contribution in [3.8, 4) is 0 Å². The van der Waals surface area contributed by atoms with Crippen molar-refractivity contribution in [1.82, 2.24) is 0 Å². The van der Waals surface area contributed by atoms with Crippen LogP contribution in [0.3, 0.4) is 0 Å². The molecule has 0 aromatic rings. The molecule has 0 aliphatic rings. The molecule has 23 heavy (non-hydrogen) atoms. The minimum Gasteiger partial charge on any atom is -0.415 e. The molecule has 2 nitrogen and oxygen atoms in total. The molecular formula is C19H44O2Si2. The van der Waals surface area contributed by atoms with Gasteiger partial charge in [0.25, 0.3) is 0 Å². The van der Waals surface area contributed by atoms with Gasteiger partial charge in [-0.1, -0.05) is 53.4 Å². The lowest BCUT2D eigenvalue weighted by molar-refractivity contribution is 0.211. The third-order valence-electron chi connectivity index (χ3n) is 4.44. The van der Waals surface area contributed by atoms with Gasteiger partial charge in [-0.15, -0.1) is 0 Å². The van der Waals surface area contributed by atoms with Gasteiger partial charge in [-0.3, -0.25) is 0 Å². The fourth-order valence-corrected chi connectivity index (χ4v) is 19.1. The lowest BCUT2D eigenvalue weighted by Crippen LogP contribution is -2.52. The predicted octanol–water partition coefficient (Wildman–Crippen LogP) is 6.91. The molecule has 0 aliphatic heterocycles. The van der Waals surface area contributed by atoms with Gasteiger partial charge in [0, 0.05) is 12.2 Å². The molecule has 0 spiro atoms. The maximum absolute atomic E-state index is 6.74. The predicted molar refractivity (Wildman–Crippen MR) is 109 cm³/mol. The van der Waals surface area contributed by atoms with E-state index in [2.05, 4.69) is 55.4 Å². The van der Waals surface area contributed by atoms with Crippen LogP contribution in [-0.4, -0.2) is 28.8 Å². The van der Waals surface area contributed by atoms with E-state index in [1.165, 1.54) is 55.5 Å². The van der Waals surface area contributed by atoms with Crippen molar-refractivity contribution < 1.29 is 8.85 Å². The standard InChI is InChI=1S/C19H44O2Si2/c1-9-13-22(14-10-2,20-18(5)6)17-23(15-11-3,16-12-4)21-19(7)8/h18-19H,9-17H2,1-8H3. The summed E-state index contributed by atoms with van der Waals surface area (Å²) in [5, 5.41) is 0. The van der Waals surface area contributed by atoms with Gasteiger partial charge in [0.2, 0.25) is 0 Å². The smallest absolute Gasteiger partial charge is 0.192 e. The summed E-state index contributed by atoms with van der Waals surface area (Å²) in [6, 6.07) is 5.23. The molecule has 0 aromatic carbocycles. The van der Waals surface area contributed by atoms with Gasteiger partial charge in [0.05, 0.1) is 0 Å². The van der Waals surface area contributed by atoms with Crippen molar-refractivity contribution in [2.24, 2.45) is 0 Å². The van der Waals surface area contributed by atoms with Crippen molar-refractivity contribution in [2.45, 2.75) is 123 Å². The molecule has 140 valence electrons. The first kappa shape index (κ1) is 23.4. The minimum atomic E-state index is -1.70. The summed E-state index contributed by atoms with van der Waals surface area (Å²) in [6.45, 7) is 18.2. The van der Waals surface area contributed by atoms with Crippen molar-refractivity contribution in [2.75, 3.05) is 0 Å². The highest BCUT2D eigenvalue weighted by molar-refractivity contribution is 6.92. The summed E-state index contributed by atoms with van der Waals surface area (Å²) in [4.78, 5) is 0. The van der Waals surface area contributed by atoms with Gasteiger partial charge in [-0.25, -0.2) is 0 Å². The number of hydrogen-bond acceptors (Lipinski definition) is 2. The zero-order valence-corrected chi connectivity index (χ0v) is 19.3. The normalized spacial score (nSPS) is 13.3. The lowest BCUT2D eigenvalue weighted by atomic mass is 10.5. The molecular weight excluding hydrogens is 316 g/mol. The summed E-state index contributed by atoms with van der Waals surface area (Å²) in [5.74, 6) is 0. The zero-order valence-electron chi connectivity index (χ0n) is 17.3. The Morgan fingerprint density at radius 3 is 1.00 bits per heavy atom. The van der Waals surface area contributed by atoms with Gasteiger partial charge in [0.1, 0.15) is 0 Å². The molecule has 0 rings (SSSR count). The summed E-state index contributed by atoms with van der Waals surface area (Å²) < 4.78 is 13.5. The summed E-state index contributed by atoms with van der Waals surface area (Å²) in [5.41, 5.74) is 1.32. The molecule has 0 aliphatic carbocycles. The Labute approximate surface area is 149 Å². The number of rotatable bonds is 14. The maximum atomic E-state index is 6.74. The topological polar surface area (TPSA) is 18.5 Å². The van der Waals surface area contributed by atoms with Crippen LogP contribution in [0.15, 0.2) is 0 Å². The highest BCUT2D eigenvalue weighted by Crippen LogP contribution is 2.37. The first-order valence-electron chi connectivity index (χ1n) is 10.1. The minimum absolute atomic E-state index is 0.355. The molecule has 0 radical (unpaired) electrons. The third-order valence-corrected chi connectivity index (χ3v) is 17.2. The van der Waals surface area contributed by atoms with E-state index < -0.39 is 16.6 Å². The fourth-order valence-electron chi connectivity index (χ4n) is 4.33. The zero-order chi connectivity index (χ0) is 17.9. The second-order valence-electron chi connectivity index (χ2n) is 7.88. The molecule has 4 heteroatoms. The van der Waals surface area contributed by atoms with Gasteiger partial charge < -0.3 is 8.85 Å². The van der Waals surface area contributed by atoms with Crippen LogP contribution in [0, 0.1) is 0 Å². The van der Waals surface area contributed by atoms with Crippen LogP contribution in [0.1, 0.15) is 81.1 Å². The van der Waals surface area contributed by atoms with Crippen molar-refractivity contribution in [1.29, 1.82) is 0 Å². The average Bonchev–Trinajstić information content (AvgIpc) is 2.37. The van der Waals surface area contributed by atoms with E-state index in [1.807, 2.05) is 0 Å². The van der Waals surface area contributed by atoms with Crippen molar-refractivity contribution >= 4 is 16.6 Å². The molecule has 0 aromatic heterocycles. The monoisotopic (exact) mass is 360 g/mol. The van der Waals surface area contributed by atoms with Crippen LogP contribution >= 0.6 is 0 Å². The molecule has 0 saturated carbocycles. The molecule has 0 bridgehead atoms. The van der Waals surface area contributed by atoms with Crippen LogP contribution in [0.5, 0.6) is 0 Å². The third kappa shape index (κ3) is 8.85. The summed E-state index contributed by atoms with van der Waals surface area (Å²) in [6.07, 6.45) is 5.72. The highest BCUT2D eigenvalue weighted by atomic mass is 28.4. The van der Waals surface area contributed by atoms with Gasteiger partial charge in [-0.2, -0.15) is 0 Å². The van der Waals surface area contributed by atoms with Crippen LogP contribution < -0.4 is 0 Å². The Morgan fingerprint density at radius 2 is 0.826 bits per heavy atom. The van der Waals surface area contributed by atoms with Crippen LogP contribution in [-0.2, 0) is 8.85 Å². The Balaban J connectivity index is 5.58. The molecule has 0 fully saturated rings. The maximum Gasteiger partial charge on any atom is 0.192 e. The SMILES string of the molecule is CCC[Si](CCC)(C[Si](CCC)(CCC)OC(C)C)OC(C)C. The van der Waals surface area contributed by atoms with Crippen LogP contribution in [0.4, 0.5) is 0 Å². The summed E-state index contributed by atoms with van der Waals surface area (Å²) >= 11 is 0. The molecule has 0 saturated heterocycles. The van der Waals surface area contributed by atoms with E-state index >= 15 is 0 Å². The Bertz CT molecular complexity index is 253. The Kier molecular flexibility index (Phi) is 12.0. The second kappa shape index (κ2) is 11.8. The van der Waals surface area contributed by atoms with Crippen LogP contribution in [0.25, 0.3) is 0 Å². The molecule has 0 amide bonds. The first-order valence-corrected chi connectivity index (χ1v) is 15.2. The van der Waals surface area contributed by atoms with Crippen LogP contribution in [0.2, 0.25) is 29.8 Å². The van der Waals surface area contributed by atoms with E-state index in [4.69, 9.17) is 8.85 Å². The lowest BCUT2D eigenvalue weighted by Gasteiger charge is -2.42. The highest BCUT2D eigenvalue weighted by Gasteiger charge is 2.46. The van der Waals surface area contributed by atoms with Crippen molar-refractivity contribution in [3.05, 3.63) is 0 Å². The molecule has 0 heterocycles. The molecule has 0 atom stereocenters. The first-order chi connectivity index (χ1) is 10.8.